The Kier molecular flexibility index (Phi) is 8.51. The number of urea groups is 1. The number of carbonyl (C=O) groups excluding carboxylic acids is 3. The van der Waals surface area contributed by atoms with E-state index in [1.165, 1.54) is 76.1 Å². The molecular weight excluding hydrogens is 606 g/mol. The molecule has 2 aliphatic heterocycles. The number of carbonyl (C=O) groups is 3. The number of nitro benzene ring substituents is 1. The number of Topliss-reactive ketones (excluding diaryl/α,β-unsaturated/α-hetero) is 1. The van der Waals surface area contributed by atoms with Crippen LogP contribution in [0.25, 0.3) is 0 Å². The third-order valence-electron chi connectivity index (χ3n) is 8.05. The Hall–Kier alpha value is -4.46. The van der Waals surface area contributed by atoms with E-state index in [1.54, 1.807) is 4.90 Å². The average molecular weight is 634 g/mol. The van der Waals surface area contributed by atoms with Crippen LogP contribution in [0.2, 0.25) is 0 Å². The molecule has 226 valence electrons. The number of ketones is 1. The molecule has 4 atom stereocenters. The first kappa shape index (κ1) is 29.6. The number of non-ortho nitro benzene ring substituents is 1. The highest BCUT2D eigenvalue weighted by molar-refractivity contribution is 7.10. The smallest absolute Gasteiger partial charge is 0.323 e. The molecule has 4 unspecified atom stereocenters. The first-order valence-corrected chi connectivity index (χ1v) is 15.8. The lowest BCUT2D eigenvalue weighted by Crippen LogP contribution is -2.55. The van der Waals surface area contributed by atoms with E-state index >= 15 is 0 Å². The number of benzene rings is 2. The van der Waals surface area contributed by atoms with Gasteiger partial charge in [0, 0.05) is 65.2 Å². The number of likely N-dealkylation sites (tertiary alicyclic amines) is 1. The van der Waals surface area contributed by atoms with Crippen LogP contribution >= 0.6 is 22.7 Å². The molecule has 0 radical (unpaired) electrons. The molecule has 2 fully saturated rings. The Morgan fingerprint density at radius 1 is 0.909 bits per heavy atom. The highest BCUT2D eigenvalue weighted by Gasteiger charge is 2.59. The van der Waals surface area contributed by atoms with Crippen molar-refractivity contribution in [1.29, 1.82) is 0 Å². The third kappa shape index (κ3) is 5.73. The summed E-state index contributed by atoms with van der Waals surface area (Å²) in [5.74, 6) is -2.64. The van der Waals surface area contributed by atoms with Crippen molar-refractivity contribution in [3.05, 3.63) is 115 Å². The van der Waals surface area contributed by atoms with E-state index in [4.69, 9.17) is 0 Å². The van der Waals surface area contributed by atoms with E-state index in [9.17, 15) is 28.9 Å². The van der Waals surface area contributed by atoms with E-state index < -0.39 is 40.7 Å². The lowest BCUT2D eigenvalue weighted by molar-refractivity contribution is -0.384. The van der Waals surface area contributed by atoms with Crippen LogP contribution in [0, 0.1) is 21.8 Å². The summed E-state index contributed by atoms with van der Waals surface area (Å²) in [6.45, 7) is 2.10. The van der Waals surface area contributed by atoms with E-state index in [1.807, 2.05) is 35.0 Å². The summed E-state index contributed by atoms with van der Waals surface area (Å²) in [6, 6.07) is 15.7. The van der Waals surface area contributed by atoms with Gasteiger partial charge in [0.25, 0.3) is 5.69 Å². The lowest BCUT2D eigenvalue weighted by atomic mass is 9.79. The number of amides is 3. The van der Waals surface area contributed by atoms with Gasteiger partial charge in [0.15, 0.2) is 5.78 Å². The normalized spacial score (nSPS) is 21.7. The fourth-order valence-electron chi connectivity index (χ4n) is 6.06. The quantitative estimate of drug-likeness (QED) is 0.157. The molecule has 0 spiro atoms. The molecule has 44 heavy (non-hydrogen) atoms. The molecule has 3 amide bonds. The Balaban J connectivity index is 1.51. The zero-order chi connectivity index (χ0) is 30.8. The van der Waals surface area contributed by atoms with Gasteiger partial charge in [-0.3, -0.25) is 19.7 Å². The van der Waals surface area contributed by atoms with Gasteiger partial charge in [-0.15, -0.1) is 22.7 Å². The van der Waals surface area contributed by atoms with Gasteiger partial charge in [-0.25, -0.2) is 9.18 Å². The topological polar surface area (TPSA) is 125 Å². The van der Waals surface area contributed by atoms with E-state index in [2.05, 4.69) is 10.6 Å². The predicted molar refractivity (Wildman–Crippen MR) is 166 cm³/mol. The Morgan fingerprint density at radius 3 is 2.14 bits per heavy atom. The largest absolute Gasteiger partial charge is 0.338 e. The minimum Gasteiger partial charge on any atom is -0.338 e. The number of nitrogens with one attached hydrogen (secondary N) is 2. The molecule has 6 rings (SSSR count). The summed E-state index contributed by atoms with van der Waals surface area (Å²) in [4.78, 5) is 58.8. The van der Waals surface area contributed by atoms with Crippen LogP contribution in [0.4, 0.5) is 20.6 Å². The highest BCUT2D eigenvalue weighted by atomic mass is 32.1. The maximum atomic E-state index is 14.6. The van der Waals surface area contributed by atoms with Gasteiger partial charge >= 0.3 is 6.03 Å². The predicted octanol–water partition coefficient (Wildman–Crippen LogP) is 5.53. The number of halogens is 1. The van der Waals surface area contributed by atoms with E-state index in [0.717, 1.165) is 9.75 Å². The number of thiophene rings is 2. The number of nitro groups is 1. The standard InChI is InChI=1S/C31H28FN5O5S2/c32-20-7-9-21(10-8-20)34-31(40)36-27(24-4-2-18-44-24)26(29(38)19-5-11-22(12-6-19)37(41)42)25(23-3-1-17-43-23)28(36)30(39)35-15-13-33-14-16-35/h1-12,17-18,25-28,33H,13-16H2,(H,34,40). The van der Waals surface area contributed by atoms with E-state index in [0.29, 0.717) is 31.9 Å². The summed E-state index contributed by atoms with van der Waals surface area (Å²) in [5, 5.41) is 21.1. The second kappa shape index (κ2) is 12.6. The van der Waals surface area contributed by atoms with Crippen molar-refractivity contribution >= 4 is 51.8 Å². The van der Waals surface area contributed by atoms with Gasteiger partial charge in [-0.1, -0.05) is 12.1 Å². The number of anilines is 1. The lowest BCUT2D eigenvalue weighted by Gasteiger charge is -2.36. The molecule has 13 heteroatoms. The first-order chi connectivity index (χ1) is 21.3. The van der Waals surface area contributed by atoms with Crippen LogP contribution in [0.5, 0.6) is 0 Å². The van der Waals surface area contributed by atoms with Crippen molar-refractivity contribution in [2.75, 3.05) is 31.5 Å². The first-order valence-electron chi connectivity index (χ1n) is 14.0. The maximum Gasteiger partial charge on any atom is 0.323 e. The van der Waals surface area contributed by atoms with Gasteiger partial charge in [0.2, 0.25) is 5.91 Å². The zero-order valence-corrected chi connectivity index (χ0v) is 24.9. The number of piperazine rings is 1. The van der Waals surface area contributed by atoms with Crippen LogP contribution in [-0.2, 0) is 4.79 Å². The Bertz CT molecular complexity index is 1640. The fraction of sp³-hybridized carbons (Fsp3) is 0.258. The minimum atomic E-state index is -1.04. The highest BCUT2D eigenvalue weighted by Crippen LogP contribution is 2.53. The van der Waals surface area contributed by atoms with Gasteiger partial charge in [-0.2, -0.15) is 0 Å². The van der Waals surface area contributed by atoms with Crippen LogP contribution < -0.4 is 10.6 Å². The minimum absolute atomic E-state index is 0.148. The summed E-state index contributed by atoms with van der Waals surface area (Å²) in [5.41, 5.74) is 0.440. The van der Waals surface area contributed by atoms with Crippen molar-refractivity contribution < 1.29 is 23.7 Å². The fourth-order valence-corrected chi connectivity index (χ4v) is 7.84. The van der Waals surface area contributed by atoms with Gasteiger partial charge in [0.05, 0.1) is 16.9 Å². The van der Waals surface area contributed by atoms with Crippen molar-refractivity contribution in [2.45, 2.75) is 18.0 Å². The van der Waals surface area contributed by atoms with Crippen LogP contribution in [0.15, 0.2) is 83.6 Å². The van der Waals surface area contributed by atoms with Gasteiger partial charge in [0.1, 0.15) is 11.9 Å². The molecular formula is C31H28FN5O5S2. The molecule has 2 aromatic heterocycles. The molecule has 2 aliphatic rings. The number of nitrogens with zero attached hydrogens (tertiary/aromatic N) is 3. The monoisotopic (exact) mass is 633 g/mol. The summed E-state index contributed by atoms with van der Waals surface area (Å²) in [7, 11) is 0. The zero-order valence-electron chi connectivity index (χ0n) is 23.3. The van der Waals surface area contributed by atoms with Crippen molar-refractivity contribution in [1.82, 2.24) is 15.1 Å². The third-order valence-corrected chi connectivity index (χ3v) is 9.97. The Labute approximate surface area is 260 Å². The molecule has 0 saturated carbocycles. The molecule has 10 nitrogen and oxygen atoms in total. The van der Waals surface area contributed by atoms with Crippen molar-refractivity contribution in [2.24, 2.45) is 5.92 Å². The summed E-state index contributed by atoms with van der Waals surface area (Å²) >= 11 is 2.78. The number of hydrogen-bond donors (Lipinski definition) is 2. The molecule has 4 aromatic rings. The molecule has 0 aliphatic carbocycles. The van der Waals surface area contributed by atoms with Crippen LogP contribution in [-0.4, -0.2) is 64.7 Å². The average Bonchev–Trinajstić information content (AvgIpc) is 3.82. The second-order valence-corrected chi connectivity index (χ2v) is 12.5. The van der Waals surface area contributed by atoms with E-state index in [-0.39, 0.29) is 22.9 Å². The summed E-state index contributed by atoms with van der Waals surface area (Å²) in [6.07, 6.45) is 0. The molecule has 2 saturated heterocycles. The number of hydrogen-bond acceptors (Lipinski definition) is 8. The molecule has 2 N–H and O–H groups in total. The van der Waals surface area contributed by atoms with Crippen LogP contribution in [0.1, 0.15) is 32.1 Å². The van der Waals surface area contributed by atoms with Crippen molar-refractivity contribution in [3.8, 4) is 0 Å². The molecule has 4 heterocycles. The van der Waals surface area contributed by atoms with Gasteiger partial charge in [-0.05, 0) is 59.3 Å². The Morgan fingerprint density at radius 2 is 1.55 bits per heavy atom. The van der Waals surface area contributed by atoms with Gasteiger partial charge < -0.3 is 20.4 Å². The second-order valence-electron chi connectivity index (χ2n) is 10.6. The SMILES string of the molecule is O=C(c1ccc([N+](=O)[O-])cc1)C1C(c2cccs2)C(C(=O)N2CCNCC2)N(C(=O)Nc2ccc(F)cc2)C1c1cccs1. The van der Waals surface area contributed by atoms with Crippen LogP contribution in [0.3, 0.4) is 0 Å². The maximum absolute atomic E-state index is 14.6. The molecule has 0 bridgehead atoms. The summed E-state index contributed by atoms with van der Waals surface area (Å²) < 4.78 is 13.7. The van der Waals surface area contributed by atoms with Crippen molar-refractivity contribution in [3.63, 3.8) is 0 Å². The molecule has 2 aromatic carbocycles. The number of rotatable bonds is 7.